The normalized spacial score (nSPS) is 13.1. The van der Waals surface area contributed by atoms with Crippen molar-refractivity contribution >= 4 is 59.3 Å². The number of fused-ring (bicyclic) bond motifs is 14. The second-order valence-corrected chi connectivity index (χ2v) is 17.4. The molecule has 2 aliphatic rings. The molecule has 2 nitrogen and oxygen atoms in total. The minimum atomic E-state index is -0.511. The average molecular weight is 808 g/mol. The van der Waals surface area contributed by atoms with Crippen molar-refractivity contribution in [3.05, 3.63) is 247 Å². The summed E-state index contributed by atoms with van der Waals surface area (Å²) < 4.78 is 9.21. The zero-order chi connectivity index (χ0) is 40.8. The van der Waals surface area contributed by atoms with Crippen molar-refractivity contribution in [2.45, 2.75) is 5.41 Å². The minimum absolute atomic E-state index is 0.511. The molecule has 2 heterocycles. The van der Waals surface area contributed by atoms with E-state index in [0.29, 0.717) is 0 Å². The van der Waals surface area contributed by atoms with Gasteiger partial charge in [0.1, 0.15) is 11.5 Å². The van der Waals surface area contributed by atoms with Crippen LogP contribution in [0.1, 0.15) is 22.3 Å². The van der Waals surface area contributed by atoms with Crippen molar-refractivity contribution in [2.75, 3.05) is 4.90 Å². The Morgan fingerprint density at radius 3 is 1.73 bits per heavy atom. The van der Waals surface area contributed by atoms with Gasteiger partial charge in [0, 0.05) is 42.7 Å². The van der Waals surface area contributed by atoms with Gasteiger partial charge in [0.25, 0.3) is 0 Å². The molecule has 0 amide bonds. The summed E-state index contributed by atoms with van der Waals surface area (Å²) in [6.45, 7) is 0. The van der Waals surface area contributed by atoms with Gasteiger partial charge in [-0.25, -0.2) is 0 Å². The second-order valence-electron chi connectivity index (χ2n) is 16.3. The number of thiophene rings is 1. The lowest BCUT2D eigenvalue weighted by atomic mass is 9.66. The third-order valence-corrected chi connectivity index (χ3v) is 14.4. The van der Waals surface area contributed by atoms with Gasteiger partial charge in [-0.2, -0.15) is 0 Å². The molecule has 1 aliphatic carbocycles. The van der Waals surface area contributed by atoms with Gasteiger partial charge < -0.3 is 9.64 Å². The second kappa shape index (κ2) is 13.7. The predicted molar refractivity (Wildman–Crippen MR) is 260 cm³/mol. The Labute approximate surface area is 364 Å². The highest BCUT2D eigenvalue weighted by Crippen LogP contribution is 2.63. The van der Waals surface area contributed by atoms with Gasteiger partial charge in [-0.1, -0.05) is 176 Å². The first-order valence-corrected chi connectivity index (χ1v) is 22.1. The third kappa shape index (κ3) is 5.03. The van der Waals surface area contributed by atoms with E-state index in [1.165, 1.54) is 86.6 Å². The molecule has 290 valence electrons. The monoisotopic (exact) mass is 807 g/mol. The van der Waals surface area contributed by atoms with E-state index in [0.717, 1.165) is 28.6 Å². The molecule has 0 radical (unpaired) electrons. The summed E-state index contributed by atoms with van der Waals surface area (Å²) in [5.41, 5.74) is 15.1. The maximum atomic E-state index is 6.61. The van der Waals surface area contributed by atoms with Crippen molar-refractivity contribution < 1.29 is 4.74 Å². The Bertz CT molecular complexity index is 3500. The number of rotatable bonds is 5. The van der Waals surface area contributed by atoms with Gasteiger partial charge in [0.2, 0.25) is 0 Å². The van der Waals surface area contributed by atoms with Gasteiger partial charge >= 0.3 is 0 Å². The molecule has 0 saturated carbocycles. The van der Waals surface area contributed by atoms with E-state index in [-0.39, 0.29) is 0 Å². The van der Waals surface area contributed by atoms with Crippen LogP contribution in [-0.2, 0) is 5.41 Å². The Morgan fingerprint density at radius 2 is 0.968 bits per heavy atom. The smallest absolute Gasteiger partial charge is 0.132 e. The lowest BCUT2D eigenvalue weighted by Gasteiger charge is -2.39. The quantitative estimate of drug-likeness (QED) is 0.172. The fraction of sp³-hybridized carbons (Fsp3) is 0.0169. The minimum Gasteiger partial charge on any atom is -0.457 e. The van der Waals surface area contributed by atoms with E-state index in [2.05, 4.69) is 229 Å². The third-order valence-electron chi connectivity index (χ3n) is 13.1. The molecule has 13 rings (SSSR count). The number of benzene rings is 10. The van der Waals surface area contributed by atoms with Gasteiger partial charge in [-0.05, 0) is 104 Å². The first kappa shape index (κ1) is 35.1. The van der Waals surface area contributed by atoms with E-state index >= 15 is 0 Å². The number of hydrogen-bond donors (Lipinski definition) is 0. The summed E-state index contributed by atoms with van der Waals surface area (Å²) in [4.78, 5) is 2.44. The molecule has 0 saturated heterocycles. The molecule has 0 unspecified atom stereocenters. The summed E-state index contributed by atoms with van der Waals surface area (Å²) in [6.07, 6.45) is 0. The number of para-hydroxylation sites is 2. The fourth-order valence-corrected chi connectivity index (χ4v) is 11.8. The zero-order valence-electron chi connectivity index (χ0n) is 33.6. The Balaban J connectivity index is 0.995. The summed E-state index contributed by atoms with van der Waals surface area (Å²) >= 11 is 1.88. The van der Waals surface area contributed by atoms with Crippen LogP contribution in [0.15, 0.2) is 224 Å². The van der Waals surface area contributed by atoms with Crippen molar-refractivity contribution in [3.8, 4) is 44.9 Å². The summed E-state index contributed by atoms with van der Waals surface area (Å²) in [6, 6.07) is 82.0. The molecule has 0 bridgehead atoms. The van der Waals surface area contributed by atoms with Crippen LogP contribution in [0.2, 0.25) is 0 Å². The summed E-state index contributed by atoms with van der Waals surface area (Å²) in [5.74, 6) is 1.81. The van der Waals surface area contributed by atoms with Crippen LogP contribution in [0, 0.1) is 0 Å². The average Bonchev–Trinajstić information content (AvgIpc) is 3.88. The van der Waals surface area contributed by atoms with Gasteiger partial charge in [-0.15, -0.1) is 11.3 Å². The standard InChI is InChI=1S/C59H37NOS/c1-2-14-38(15-3-1)39-28-33-42(34-29-39)60(52-24-13-27-55-57(52)47-37-32-40-16-4-5-17-45(40)58(47)62-55)43-35-30-41(31-36-43)44-19-12-23-51-56(44)46-18-6-7-20-48(46)59(51)49-21-8-10-25-53(49)61-54-26-11-9-22-50(54)59/h1-37H. The lowest BCUT2D eigenvalue weighted by Crippen LogP contribution is -2.32. The van der Waals surface area contributed by atoms with E-state index in [1.807, 2.05) is 11.3 Å². The van der Waals surface area contributed by atoms with Gasteiger partial charge in [0.05, 0.1) is 11.1 Å². The molecular weight excluding hydrogens is 771 g/mol. The first-order valence-electron chi connectivity index (χ1n) is 21.2. The Kier molecular flexibility index (Phi) is 7.72. The predicted octanol–water partition coefficient (Wildman–Crippen LogP) is 16.5. The Hall–Kier alpha value is -7.72. The highest BCUT2D eigenvalue weighted by molar-refractivity contribution is 7.26. The van der Waals surface area contributed by atoms with E-state index in [1.54, 1.807) is 0 Å². The highest BCUT2D eigenvalue weighted by Gasteiger charge is 2.51. The zero-order valence-corrected chi connectivity index (χ0v) is 34.4. The molecular formula is C59H37NOS. The molecule has 0 atom stereocenters. The molecule has 10 aromatic carbocycles. The van der Waals surface area contributed by atoms with Crippen LogP contribution in [0.25, 0.3) is 64.3 Å². The molecule has 0 N–H and O–H groups in total. The van der Waals surface area contributed by atoms with Gasteiger partial charge in [0.15, 0.2) is 0 Å². The van der Waals surface area contributed by atoms with Crippen molar-refractivity contribution in [1.29, 1.82) is 0 Å². The van der Waals surface area contributed by atoms with E-state index < -0.39 is 5.41 Å². The maximum absolute atomic E-state index is 6.61. The van der Waals surface area contributed by atoms with Crippen molar-refractivity contribution in [1.82, 2.24) is 0 Å². The lowest BCUT2D eigenvalue weighted by molar-refractivity contribution is 0.436. The van der Waals surface area contributed by atoms with E-state index in [9.17, 15) is 0 Å². The van der Waals surface area contributed by atoms with Crippen molar-refractivity contribution in [2.24, 2.45) is 0 Å². The van der Waals surface area contributed by atoms with Crippen LogP contribution < -0.4 is 9.64 Å². The maximum Gasteiger partial charge on any atom is 0.132 e. The summed E-state index contributed by atoms with van der Waals surface area (Å²) in [5, 5.41) is 5.12. The first-order chi connectivity index (χ1) is 30.8. The van der Waals surface area contributed by atoms with Crippen LogP contribution >= 0.6 is 11.3 Å². The number of anilines is 3. The molecule has 1 aromatic heterocycles. The van der Waals surface area contributed by atoms with E-state index in [4.69, 9.17) is 4.74 Å². The number of nitrogens with zero attached hydrogens (tertiary/aromatic N) is 1. The fourth-order valence-electron chi connectivity index (χ4n) is 10.5. The van der Waals surface area contributed by atoms with Crippen LogP contribution in [0.4, 0.5) is 17.1 Å². The molecule has 1 spiro atoms. The van der Waals surface area contributed by atoms with Crippen LogP contribution in [-0.4, -0.2) is 0 Å². The van der Waals surface area contributed by atoms with Gasteiger partial charge in [-0.3, -0.25) is 0 Å². The van der Waals surface area contributed by atoms with Crippen LogP contribution in [0.5, 0.6) is 11.5 Å². The number of hydrogen-bond acceptors (Lipinski definition) is 3. The van der Waals surface area contributed by atoms with Crippen LogP contribution in [0.3, 0.4) is 0 Å². The Morgan fingerprint density at radius 1 is 0.387 bits per heavy atom. The summed E-state index contributed by atoms with van der Waals surface area (Å²) in [7, 11) is 0. The largest absolute Gasteiger partial charge is 0.457 e. The highest BCUT2D eigenvalue weighted by atomic mass is 32.1. The number of ether oxygens (including phenoxy) is 1. The molecule has 1 aliphatic heterocycles. The topological polar surface area (TPSA) is 12.5 Å². The molecule has 11 aromatic rings. The molecule has 62 heavy (non-hydrogen) atoms. The SMILES string of the molecule is c1ccc(-c2ccc(N(c3ccc(-c4cccc5c4-c4ccccc4C54c5ccccc5Oc5ccccc54)cc3)c3cccc4sc5c6ccccc6ccc5c34)cc2)cc1. The molecule has 3 heteroatoms. The van der Waals surface area contributed by atoms with Crippen molar-refractivity contribution in [3.63, 3.8) is 0 Å². The molecule has 0 fully saturated rings.